The highest BCUT2D eigenvalue weighted by molar-refractivity contribution is 6.01. The molecule has 5 nitrogen and oxygen atoms in total. The maximum Gasteiger partial charge on any atom is 0.252 e. The van der Waals surface area contributed by atoms with E-state index >= 15 is 0 Å². The molecule has 2 aliphatic rings. The summed E-state index contributed by atoms with van der Waals surface area (Å²) >= 11 is 0. The van der Waals surface area contributed by atoms with Crippen molar-refractivity contribution < 1.29 is 14.3 Å². The van der Waals surface area contributed by atoms with Gasteiger partial charge in [0.15, 0.2) is 0 Å². The Bertz CT molecular complexity index is 1050. The smallest absolute Gasteiger partial charge is 0.252 e. The first-order valence-corrected chi connectivity index (χ1v) is 9.26. The third kappa shape index (κ3) is 2.68. The molecule has 1 unspecified atom stereocenters. The molecule has 1 atom stereocenters. The zero-order valence-electron chi connectivity index (χ0n) is 14.8. The molecule has 3 N–H and O–H groups in total. The van der Waals surface area contributed by atoms with Gasteiger partial charge in [-0.15, -0.1) is 0 Å². The Hall–Kier alpha value is -2.86. The molecular weight excluding hydrogens is 345 g/mol. The summed E-state index contributed by atoms with van der Waals surface area (Å²) in [5.41, 5.74) is 3.99. The second-order valence-electron chi connectivity index (χ2n) is 7.37. The molecule has 0 radical (unpaired) electrons. The SMILES string of the molecule is O=C1NC(c2c(CN3CCCC3)[nH]c3cc(F)ccc23)c2cc(O)ccc21. The first-order chi connectivity index (χ1) is 13.1. The topological polar surface area (TPSA) is 68.4 Å². The lowest BCUT2D eigenvalue weighted by molar-refractivity contribution is 0.0960. The summed E-state index contributed by atoms with van der Waals surface area (Å²) < 4.78 is 13.8. The monoisotopic (exact) mass is 365 g/mol. The Kier molecular flexibility index (Phi) is 3.68. The highest BCUT2D eigenvalue weighted by atomic mass is 19.1. The van der Waals surface area contributed by atoms with Crippen LogP contribution in [0.1, 0.15) is 46.1 Å². The number of likely N-dealkylation sites (tertiary alicyclic amines) is 1. The Labute approximate surface area is 155 Å². The zero-order chi connectivity index (χ0) is 18.5. The van der Waals surface area contributed by atoms with Crippen molar-refractivity contribution in [1.29, 1.82) is 0 Å². The number of carbonyl (C=O) groups excluding carboxylic acids is 1. The summed E-state index contributed by atoms with van der Waals surface area (Å²) in [7, 11) is 0. The number of nitrogens with one attached hydrogen (secondary N) is 2. The summed E-state index contributed by atoms with van der Waals surface area (Å²) in [6.45, 7) is 2.81. The summed E-state index contributed by atoms with van der Waals surface area (Å²) in [4.78, 5) is 18.2. The number of hydrogen-bond acceptors (Lipinski definition) is 3. The van der Waals surface area contributed by atoms with Gasteiger partial charge in [0.1, 0.15) is 11.6 Å². The van der Waals surface area contributed by atoms with Crippen molar-refractivity contribution in [2.24, 2.45) is 0 Å². The van der Waals surface area contributed by atoms with Crippen LogP contribution in [0.4, 0.5) is 4.39 Å². The van der Waals surface area contributed by atoms with Crippen molar-refractivity contribution in [3.63, 3.8) is 0 Å². The van der Waals surface area contributed by atoms with Crippen LogP contribution in [0.15, 0.2) is 36.4 Å². The number of aromatic amines is 1. The van der Waals surface area contributed by atoms with Crippen LogP contribution >= 0.6 is 0 Å². The number of benzene rings is 2. The molecule has 3 heterocycles. The lowest BCUT2D eigenvalue weighted by Gasteiger charge is -2.18. The van der Waals surface area contributed by atoms with E-state index in [0.717, 1.165) is 47.4 Å². The average molecular weight is 365 g/mol. The number of fused-ring (bicyclic) bond motifs is 2. The van der Waals surface area contributed by atoms with Crippen molar-refractivity contribution in [2.75, 3.05) is 13.1 Å². The molecule has 1 fully saturated rings. The maximum absolute atomic E-state index is 13.8. The number of hydrogen-bond donors (Lipinski definition) is 3. The highest BCUT2D eigenvalue weighted by Crippen LogP contribution is 2.39. The van der Waals surface area contributed by atoms with Gasteiger partial charge in [0.25, 0.3) is 5.91 Å². The molecule has 1 amide bonds. The van der Waals surface area contributed by atoms with Crippen molar-refractivity contribution in [2.45, 2.75) is 25.4 Å². The minimum Gasteiger partial charge on any atom is -0.508 e. The first-order valence-electron chi connectivity index (χ1n) is 9.26. The van der Waals surface area contributed by atoms with Gasteiger partial charge in [-0.05, 0) is 67.9 Å². The van der Waals surface area contributed by atoms with Gasteiger partial charge in [0.05, 0.1) is 6.04 Å². The van der Waals surface area contributed by atoms with Gasteiger partial charge in [-0.1, -0.05) is 0 Å². The molecule has 2 aliphatic heterocycles. The normalized spacial score (nSPS) is 19.6. The third-order valence-corrected chi connectivity index (χ3v) is 5.62. The van der Waals surface area contributed by atoms with Gasteiger partial charge in [0, 0.05) is 34.3 Å². The van der Waals surface area contributed by atoms with Crippen LogP contribution in [0.3, 0.4) is 0 Å². The summed E-state index contributed by atoms with van der Waals surface area (Å²) in [5.74, 6) is -0.322. The van der Waals surface area contributed by atoms with Crippen LogP contribution in [0.5, 0.6) is 5.75 Å². The summed E-state index contributed by atoms with van der Waals surface area (Å²) in [6, 6.07) is 9.14. The fourth-order valence-electron chi connectivity index (χ4n) is 4.38. The molecule has 5 rings (SSSR count). The van der Waals surface area contributed by atoms with Crippen LogP contribution in [-0.2, 0) is 6.54 Å². The van der Waals surface area contributed by atoms with Crippen LogP contribution < -0.4 is 5.32 Å². The number of amides is 1. The molecule has 0 bridgehead atoms. The zero-order valence-corrected chi connectivity index (χ0v) is 14.8. The lowest BCUT2D eigenvalue weighted by atomic mass is 9.95. The number of phenols is 1. The van der Waals surface area contributed by atoms with Crippen LogP contribution in [0.2, 0.25) is 0 Å². The molecule has 27 heavy (non-hydrogen) atoms. The van der Waals surface area contributed by atoms with Gasteiger partial charge in [-0.2, -0.15) is 0 Å². The number of halogens is 1. The number of nitrogens with zero attached hydrogens (tertiary/aromatic N) is 1. The average Bonchev–Trinajstić information content (AvgIpc) is 3.33. The minimum atomic E-state index is -0.364. The van der Waals surface area contributed by atoms with Gasteiger partial charge < -0.3 is 15.4 Å². The maximum atomic E-state index is 13.8. The van der Waals surface area contributed by atoms with E-state index < -0.39 is 0 Å². The largest absolute Gasteiger partial charge is 0.508 e. The van der Waals surface area contributed by atoms with E-state index in [0.29, 0.717) is 5.56 Å². The van der Waals surface area contributed by atoms with Crippen molar-refractivity contribution >= 4 is 16.8 Å². The van der Waals surface area contributed by atoms with Gasteiger partial charge in [-0.25, -0.2) is 4.39 Å². The number of carbonyl (C=O) groups is 1. The molecule has 1 saturated heterocycles. The fourth-order valence-corrected chi connectivity index (χ4v) is 4.38. The Balaban J connectivity index is 1.68. The standard InChI is InChI=1S/C21H20FN3O2/c22-12-3-5-15-17(9-12)23-18(11-25-7-1-2-8-25)19(15)20-16-10-13(26)4-6-14(16)21(27)24-20/h3-6,9-10,20,23,26H,1-2,7-8,11H2,(H,24,27). The molecule has 3 aromatic rings. The molecule has 6 heteroatoms. The minimum absolute atomic E-state index is 0.127. The second-order valence-corrected chi connectivity index (χ2v) is 7.37. The lowest BCUT2D eigenvalue weighted by Crippen LogP contribution is -2.23. The van der Waals surface area contributed by atoms with Crippen LogP contribution in [-0.4, -0.2) is 34.0 Å². The predicted molar refractivity (Wildman–Crippen MR) is 100 cm³/mol. The molecule has 0 saturated carbocycles. The molecule has 2 aromatic carbocycles. The third-order valence-electron chi connectivity index (χ3n) is 5.62. The summed E-state index contributed by atoms with van der Waals surface area (Å²) in [5, 5.41) is 13.9. The number of aromatic hydroxyl groups is 1. The summed E-state index contributed by atoms with van der Waals surface area (Å²) in [6.07, 6.45) is 2.36. The highest BCUT2D eigenvalue weighted by Gasteiger charge is 2.34. The van der Waals surface area contributed by atoms with E-state index in [1.807, 2.05) is 0 Å². The van der Waals surface area contributed by atoms with E-state index in [-0.39, 0.29) is 23.5 Å². The van der Waals surface area contributed by atoms with Crippen molar-refractivity contribution in [3.8, 4) is 5.75 Å². The van der Waals surface area contributed by atoms with E-state index in [1.165, 1.54) is 31.0 Å². The van der Waals surface area contributed by atoms with Gasteiger partial charge in [-0.3, -0.25) is 9.69 Å². The fraction of sp³-hybridized carbons (Fsp3) is 0.286. The van der Waals surface area contributed by atoms with E-state index in [2.05, 4.69) is 15.2 Å². The molecule has 1 aromatic heterocycles. The number of phenolic OH excluding ortho intramolecular Hbond substituents is 1. The first kappa shape index (κ1) is 16.3. The van der Waals surface area contributed by atoms with Gasteiger partial charge in [0.2, 0.25) is 0 Å². The number of H-pyrrole nitrogens is 1. The molecule has 138 valence electrons. The quantitative estimate of drug-likeness (QED) is 0.666. The molecular formula is C21H20FN3O2. The number of rotatable bonds is 3. The predicted octanol–water partition coefficient (Wildman–Crippen LogP) is 3.44. The van der Waals surface area contributed by atoms with Crippen LogP contribution in [0.25, 0.3) is 10.9 Å². The molecule has 0 aliphatic carbocycles. The van der Waals surface area contributed by atoms with E-state index in [9.17, 15) is 14.3 Å². The molecule has 0 spiro atoms. The number of aromatic nitrogens is 1. The Morgan fingerprint density at radius 2 is 1.96 bits per heavy atom. The second kappa shape index (κ2) is 6.09. The van der Waals surface area contributed by atoms with Gasteiger partial charge >= 0.3 is 0 Å². The van der Waals surface area contributed by atoms with Crippen LogP contribution in [0, 0.1) is 5.82 Å². The van der Waals surface area contributed by atoms with Crippen molar-refractivity contribution in [3.05, 3.63) is 64.6 Å². The Morgan fingerprint density at radius 3 is 2.78 bits per heavy atom. The van der Waals surface area contributed by atoms with E-state index in [4.69, 9.17) is 0 Å². The van der Waals surface area contributed by atoms with E-state index in [1.54, 1.807) is 18.2 Å². The Morgan fingerprint density at radius 1 is 1.15 bits per heavy atom. The van der Waals surface area contributed by atoms with Crippen molar-refractivity contribution in [1.82, 2.24) is 15.2 Å².